The lowest BCUT2D eigenvalue weighted by Gasteiger charge is -2.24. The van der Waals surface area contributed by atoms with Crippen LogP contribution in [0.15, 0.2) is 59.4 Å². The molecule has 1 fully saturated rings. The molecule has 7 heteroatoms. The van der Waals surface area contributed by atoms with Crippen LogP contribution >= 0.6 is 0 Å². The van der Waals surface area contributed by atoms with Crippen molar-refractivity contribution in [2.75, 3.05) is 13.1 Å². The molecule has 1 N–H and O–H groups in total. The molecule has 1 unspecified atom stereocenters. The Morgan fingerprint density at radius 1 is 1.03 bits per heavy atom. The maximum absolute atomic E-state index is 13.1. The van der Waals surface area contributed by atoms with E-state index in [1.165, 1.54) is 4.57 Å². The second kappa shape index (κ2) is 9.12. The number of nitrogens with one attached hydrogen (secondary N) is 1. The molecule has 1 aliphatic rings. The molecule has 0 aliphatic carbocycles. The van der Waals surface area contributed by atoms with Crippen LogP contribution in [0.5, 0.6) is 0 Å². The van der Waals surface area contributed by atoms with Crippen molar-refractivity contribution in [3.05, 3.63) is 76.3 Å². The monoisotopic (exact) mass is 418 g/mol. The van der Waals surface area contributed by atoms with E-state index in [1.54, 1.807) is 25.1 Å². The highest BCUT2D eigenvalue weighted by Crippen LogP contribution is 2.13. The number of hydrogen-bond acceptors (Lipinski definition) is 4. The Bertz CT molecular complexity index is 1150. The van der Waals surface area contributed by atoms with Crippen LogP contribution in [0.1, 0.15) is 24.2 Å². The van der Waals surface area contributed by atoms with E-state index in [1.807, 2.05) is 41.3 Å². The minimum Gasteiger partial charge on any atom is -0.342 e. The summed E-state index contributed by atoms with van der Waals surface area (Å²) >= 11 is 0. The number of nitrogens with zero attached hydrogens (tertiary/aromatic N) is 3. The van der Waals surface area contributed by atoms with Gasteiger partial charge in [-0.25, -0.2) is 4.98 Å². The summed E-state index contributed by atoms with van der Waals surface area (Å²) in [4.78, 5) is 45.1. The first-order valence-electron chi connectivity index (χ1n) is 10.6. The molecule has 1 saturated heterocycles. The molecule has 0 bridgehead atoms. The molecule has 3 aromatic rings. The van der Waals surface area contributed by atoms with Gasteiger partial charge in [-0.2, -0.15) is 0 Å². The molecule has 2 aromatic carbocycles. The molecule has 2 amide bonds. The quantitative estimate of drug-likeness (QED) is 0.664. The fourth-order valence-corrected chi connectivity index (χ4v) is 4.06. The molecule has 7 nitrogen and oxygen atoms in total. The number of carbonyl (C=O) groups excluding carboxylic acids is 2. The van der Waals surface area contributed by atoms with Gasteiger partial charge in [0.05, 0.1) is 10.9 Å². The molecule has 1 aromatic heterocycles. The number of rotatable bonds is 6. The molecule has 1 aliphatic heterocycles. The summed E-state index contributed by atoms with van der Waals surface area (Å²) in [5.74, 6) is 0.00972. The minimum absolute atomic E-state index is 0.0737. The van der Waals surface area contributed by atoms with Crippen molar-refractivity contribution in [2.45, 2.75) is 38.8 Å². The third-order valence-corrected chi connectivity index (χ3v) is 5.69. The van der Waals surface area contributed by atoms with E-state index in [-0.39, 0.29) is 23.9 Å². The van der Waals surface area contributed by atoms with E-state index in [4.69, 9.17) is 0 Å². The van der Waals surface area contributed by atoms with Crippen LogP contribution in [0.3, 0.4) is 0 Å². The van der Waals surface area contributed by atoms with E-state index < -0.39 is 6.04 Å². The Morgan fingerprint density at radius 3 is 2.45 bits per heavy atom. The Balaban J connectivity index is 1.55. The van der Waals surface area contributed by atoms with Crippen LogP contribution in [-0.2, 0) is 22.6 Å². The Labute approximate surface area is 180 Å². The molecular weight excluding hydrogens is 392 g/mol. The molecule has 0 radical (unpaired) electrons. The summed E-state index contributed by atoms with van der Waals surface area (Å²) in [6.07, 6.45) is 2.37. The molecule has 1 atom stereocenters. The number of fused-ring (bicyclic) bond motifs is 1. The van der Waals surface area contributed by atoms with Gasteiger partial charge in [0.2, 0.25) is 11.8 Å². The average Bonchev–Trinajstić information content (AvgIpc) is 3.31. The lowest BCUT2D eigenvalue weighted by Crippen LogP contribution is -2.50. The van der Waals surface area contributed by atoms with Gasteiger partial charge in [0.15, 0.2) is 0 Å². The van der Waals surface area contributed by atoms with Crippen molar-refractivity contribution >= 4 is 22.7 Å². The van der Waals surface area contributed by atoms with Crippen LogP contribution in [0, 0.1) is 6.92 Å². The van der Waals surface area contributed by atoms with Crippen molar-refractivity contribution < 1.29 is 9.59 Å². The normalized spacial score (nSPS) is 14.5. The highest BCUT2D eigenvalue weighted by Gasteiger charge is 2.28. The zero-order valence-corrected chi connectivity index (χ0v) is 17.6. The number of hydrogen-bond donors (Lipinski definition) is 1. The van der Waals surface area contributed by atoms with Gasteiger partial charge >= 0.3 is 0 Å². The van der Waals surface area contributed by atoms with Gasteiger partial charge in [0.25, 0.3) is 5.56 Å². The van der Waals surface area contributed by atoms with Gasteiger partial charge in [-0.15, -0.1) is 0 Å². The van der Waals surface area contributed by atoms with Crippen molar-refractivity contribution in [1.82, 2.24) is 19.8 Å². The molecule has 0 spiro atoms. The van der Waals surface area contributed by atoms with Crippen LogP contribution in [0.4, 0.5) is 0 Å². The predicted octanol–water partition coefficient (Wildman–Crippen LogP) is 2.05. The summed E-state index contributed by atoms with van der Waals surface area (Å²) in [5.41, 5.74) is 1.32. The van der Waals surface area contributed by atoms with E-state index in [0.717, 1.165) is 18.4 Å². The Kier molecular flexibility index (Phi) is 6.11. The van der Waals surface area contributed by atoms with Gasteiger partial charge in [-0.3, -0.25) is 19.0 Å². The molecule has 4 rings (SSSR count). The Hall–Kier alpha value is -3.48. The van der Waals surface area contributed by atoms with E-state index >= 15 is 0 Å². The standard InChI is InChI=1S/C24H26N4O3/c1-17-25-20-12-6-5-11-19(20)23(30)28(17)16-22(29)26-21(15-18-9-3-2-4-10-18)24(31)27-13-7-8-14-27/h2-6,9-12,21H,7-8,13-16H2,1H3,(H,26,29). The zero-order valence-electron chi connectivity index (χ0n) is 17.6. The summed E-state index contributed by atoms with van der Waals surface area (Å²) in [6, 6.07) is 16.0. The zero-order chi connectivity index (χ0) is 21.8. The van der Waals surface area contributed by atoms with Crippen molar-refractivity contribution in [2.24, 2.45) is 0 Å². The van der Waals surface area contributed by atoms with Crippen molar-refractivity contribution in [3.63, 3.8) is 0 Å². The maximum Gasteiger partial charge on any atom is 0.261 e. The summed E-state index contributed by atoms with van der Waals surface area (Å²) < 4.78 is 1.36. The average molecular weight is 418 g/mol. The highest BCUT2D eigenvalue weighted by molar-refractivity contribution is 5.88. The number of aromatic nitrogens is 2. The fraction of sp³-hybridized carbons (Fsp3) is 0.333. The SMILES string of the molecule is Cc1nc2ccccc2c(=O)n1CC(=O)NC(Cc1ccccc1)C(=O)N1CCCC1. The lowest BCUT2D eigenvalue weighted by atomic mass is 10.0. The van der Waals surface area contributed by atoms with Crippen molar-refractivity contribution in [1.29, 1.82) is 0 Å². The van der Waals surface area contributed by atoms with Gasteiger partial charge < -0.3 is 10.2 Å². The van der Waals surface area contributed by atoms with Gasteiger partial charge in [0, 0.05) is 19.5 Å². The number of para-hydroxylation sites is 1. The summed E-state index contributed by atoms with van der Waals surface area (Å²) in [7, 11) is 0. The second-order valence-electron chi connectivity index (χ2n) is 7.91. The third kappa shape index (κ3) is 4.66. The van der Waals surface area contributed by atoms with E-state index in [9.17, 15) is 14.4 Å². The number of benzene rings is 2. The third-order valence-electron chi connectivity index (χ3n) is 5.69. The predicted molar refractivity (Wildman–Crippen MR) is 119 cm³/mol. The van der Waals surface area contributed by atoms with Crippen LogP contribution in [0.25, 0.3) is 10.9 Å². The molecule has 2 heterocycles. The van der Waals surface area contributed by atoms with E-state index in [2.05, 4.69) is 10.3 Å². The molecule has 0 saturated carbocycles. The smallest absolute Gasteiger partial charge is 0.261 e. The first kappa shape index (κ1) is 20.8. The number of aryl methyl sites for hydroxylation is 1. The van der Waals surface area contributed by atoms with Crippen LogP contribution < -0.4 is 10.9 Å². The van der Waals surface area contributed by atoms with E-state index in [0.29, 0.717) is 36.2 Å². The van der Waals surface area contributed by atoms with Gasteiger partial charge in [-0.1, -0.05) is 42.5 Å². The lowest BCUT2D eigenvalue weighted by molar-refractivity contribution is -0.135. The molecule has 160 valence electrons. The first-order chi connectivity index (χ1) is 15.0. The number of likely N-dealkylation sites (tertiary alicyclic amines) is 1. The topological polar surface area (TPSA) is 84.3 Å². The largest absolute Gasteiger partial charge is 0.342 e. The van der Waals surface area contributed by atoms with Crippen LogP contribution in [-0.4, -0.2) is 45.4 Å². The first-order valence-corrected chi connectivity index (χ1v) is 10.6. The van der Waals surface area contributed by atoms with Gasteiger partial charge in [0.1, 0.15) is 18.4 Å². The minimum atomic E-state index is -0.669. The van der Waals surface area contributed by atoms with Crippen molar-refractivity contribution in [3.8, 4) is 0 Å². The highest BCUT2D eigenvalue weighted by atomic mass is 16.2. The number of carbonyl (C=O) groups is 2. The fourth-order valence-electron chi connectivity index (χ4n) is 4.06. The maximum atomic E-state index is 13.1. The molecule has 31 heavy (non-hydrogen) atoms. The Morgan fingerprint density at radius 2 is 1.71 bits per heavy atom. The van der Waals surface area contributed by atoms with Crippen LogP contribution in [0.2, 0.25) is 0 Å². The van der Waals surface area contributed by atoms with Gasteiger partial charge in [-0.05, 0) is 37.5 Å². The number of amides is 2. The molecular formula is C24H26N4O3. The summed E-state index contributed by atoms with van der Waals surface area (Å²) in [5, 5.41) is 3.34. The second-order valence-corrected chi connectivity index (χ2v) is 7.91. The summed E-state index contributed by atoms with van der Waals surface area (Å²) in [6.45, 7) is 2.96.